The lowest BCUT2D eigenvalue weighted by molar-refractivity contribution is 0.0931. The third-order valence-corrected chi connectivity index (χ3v) is 4.85. The summed E-state index contributed by atoms with van der Waals surface area (Å²) in [7, 11) is 0. The van der Waals surface area contributed by atoms with Gasteiger partial charge in [0.1, 0.15) is 12.4 Å². The highest BCUT2D eigenvalue weighted by Crippen LogP contribution is 2.07. The summed E-state index contributed by atoms with van der Waals surface area (Å²) in [4.78, 5) is 9.22. The Balaban J connectivity index is 0.00000363. The van der Waals surface area contributed by atoms with Gasteiger partial charge < -0.3 is 19.9 Å². The summed E-state index contributed by atoms with van der Waals surface area (Å²) in [6.45, 7) is 8.50. The van der Waals surface area contributed by atoms with Gasteiger partial charge in [-0.15, -0.1) is 24.0 Å². The molecule has 6 nitrogen and oxygen atoms in total. The van der Waals surface area contributed by atoms with E-state index in [0.29, 0.717) is 25.7 Å². The fraction of sp³-hybridized carbons (Fsp3) is 0.360. The van der Waals surface area contributed by atoms with Gasteiger partial charge in [-0.1, -0.05) is 67.6 Å². The summed E-state index contributed by atoms with van der Waals surface area (Å²) in [5, 5.41) is 6.74. The second-order valence-corrected chi connectivity index (χ2v) is 7.64. The van der Waals surface area contributed by atoms with E-state index in [9.17, 15) is 0 Å². The van der Waals surface area contributed by atoms with Crippen LogP contribution in [0.15, 0.2) is 78.0 Å². The third-order valence-electron chi connectivity index (χ3n) is 4.85. The van der Waals surface area contributed by atoms with Gasteiger partial charge in [0, 0.05) is 32.0 Å². The molecule has 2 N–H and O–H groups in total. The monoisotopic (exact) mass is 547 g/mol. The summed E-state index contributed by atoms with van der Waals surface area (Å²) in [6, 6.07) is 20.7. The molecule has 0 bridgehead atoms. The van der Waals surface area contributed by atoms with Gasteiger partial charge in [-0.25, -0.2) is 9.98 Å². The molecule has 0 aliphatic rings. The fourth-order valence-corrected chi connectivity index (χ4v) is 3.19. The van der Waals surface area contributed by atoms with Crippen LogP contribution in [0, 0.1) is 5.92 Å². The van der Waals surface area contributed by atoms with Crippen LogP contribution >= 0.6 is 24.0 Å². The summed E-state index contributed by atoms with van der Waals surface area (Å²) < 4.78 is 7.99. The van der Waals surface area contributed by atoms with E-state index in [1.807, 2.05) is 36.7 Å². The number of benzene rings is 2. The first kappa shape index (κ1) is 25.9. The number of guanidine groups is 1. The molecule has 0 aliphatic heterocycles. The Labute approximate surface area is 208 Å². The van der Waals surface area contributed by atoms with E-state index in [0.717, 1.165) is 31.4 Å². The van der Waals surface area contributed by atoms with E-state index >= 15 is 0 Å². The predicted octanol–water partition coefficient (Wildman–Crippen LogP) is 4.46. The summed E-state index contributed by atoms with van der Waals surface area (Å²) >= 11 is 0. The number of hydrogen-bond acceptors (Lipinski definition) is 3. The van der Waals surface area contributed by atoms with Gasteiger partial charge >= 0.3 is 0 Å². The minimum absolute atomic E-state index is 0. The first-order chi connectivity index (χ1) is 15.2. The molecule has 1 unspecified atom stereocenters. The molecule has 7 heteroatoms. The van der Waals surface area contributed by atoms with Gasteiger partial charge in [-0.05, 0) is 24.0 Å². The third kappa shape index (κ3) is 9.00. The second kappa shape index (κ2) is 14.6. The lowest BCUT2D eigenvalue weighted by Crippen LogP contribution is -2.40. The van der Waals surface area contributed by atoms with E-state index < -0.39 is 0 Å². The Kier molecular flexibility index (Phi) is 11.8. The minimum atomic E-state index is 0. The molecular formula is C25H34IN5O. The van der Waals surface area contributed by atoms with Crippen LogP contribution in [0.5, 0.6) is 0 Å². The molecule has 0 aliphatic carbocycles. The number of ether oxygens (including phenoxy) is 1. The molecule has 172 valence electrons. The van der Waals surface area contributed by atoms with Gasteiger partial charge in [0.2, 0.25) is 0 Å². The van der Waals surface area contributed by atoms with Crippen molar-refractivity contribution in [2.24, 2.45) is 10.9 Å². The van der Waals surface area contributed by atoms with Crippen molar-refractivity contribution in [2.75, 3.05) is 19.7 Å². The maximum absolute atomic E-state index is 5.85. The second-order valence-electron chi connectivity index (χ2n) is 7.64. The van der Waals surface area contributed by atoms with Crippen molar-refractivity contribution < 1.29 is 4.74 Å². The zero-order valence-electron chi connectivity index (χ0n) is 18.9. The minimum Gasteiger partial charge on any atom is -0.376 e. The highest BCUT2D eigenvalue weighted by molar-refractivity contribution is 14.0. The first-order valence-electron chi connectivity index (χ1n) is 10.9. The number of aliphatic imine (C=N–C) groups is 1. The lowest BCUT2D eigenvalue weighted by Gasteiger charge is -2.16. The molecule has 3 aromatic rings. The lowest BCUT2D eigenvalue weighted by atomic mass is 10.2. The molecule has 0 amide bonds. The molecule has 32 heavy (non-hydrogen) atoms. The van der Waals surface area contributed by atoms with Crippen LogP contribution in [-0.4, -0.2) is 35.2 Å². The number of aromatic nitrogens is 2. The van der Waals surface area contributed by atoms with E-state index in [4.69, 9.17) is 9.73 Å². The zero-order chi connectivity index (χ0) is 21.7. The summed E-state index contributed by atoms with van der Waals surface area (Å²) in [5.74, 6) is 2.11. The number of hydrogen-bond donors (Lipinski definition) is 2. The Morgan fingerprint density at radius 2 is 1.72 bits per heavy atom. The van der Waals surface area contributed by atoms with Crippen LogP contribution < -0.4 is 10.6 Å². The molecule has 1 aromatic heterocycles. The topological polar surface area (TPSA) is 63.5 Å². The number of rotatable bonds is 11. The fourth-order valence-electron chi connectivity index (χ4n) is 3.19. The number of nitrogens with zero attached hydrogens (tertiary/aromatic N) is 3. The summed E-state index contributed by atoms with van der Waals surface area (Å²) in [5.41, 5.74) is 2.45. The molecule has 0 radical (unpaired) electrons. The van der Waals surface area contributed by atoms with E-state index in [2.05, 4.69) is 70.4 Å². The van der Waals surface area contributed by atoms with Crippen LogP contribution in [0.4, 0.5) is 0 Å². The summed E-state index contributed by atoms with van der Waals surface area (Å²) in [6.07, 6.45) is 3.84. The standard InChI is InChI=1S/C25H33N5O.HI/c1-3-26-25(28-16-21(2)19-31-20-23-12-8-5-9-13-23)29-17-24-27-14-15-30(24)18-22-10-6-4-7-11-22;/h4-15,21H,3,16-20H2,1-2H3,(H2,26,28,29);1H. The van der Waals surface area contributed by atoms with Gasteiger partial charge in [0.25, 0.3) is 0 Å². The Morgan fingerprint density at radius 3 is 2.41 bits per heavy atom. The predicted molar refractivity (Wildman–Crippen MR) is 141 cm³/mol. The number of nitrogens with one attached hydrogen (secondary N) is 2. The van der Waals surface area contributed by atoms with E-state index in [1.54, 1.807) is 0 Å². The van der Waals surface area contributed by atoms with Crippen LogP contribution in [0.2, 0.25) is 0 Å². The largest absolute Gasteiger partial charge is 0.376 e. The smallest absolute Gasteiger partial charge is 0.191 e. The van der Waals surface area contributed by atoms with Crippen LogP contribution in [0.1, 0.15) is 30.8 Å². The van der Waals surface area contributed by atoms with Gasteiger partial charge in [-0.3, -0.25) is 0 Å². The highest BCUT2D eigenvalue weighted by Gasteiger charge is 2.07. The highest BCUT2D eigenvalue weighted by atomic mass is 127. The first-order valence-corrected chi connectivity index (χ1v) is 10.9. The molecule has 0 saturated heterocycles. The normalized spacial score (nSPS) is 12.1. The molecule has 3 rings (SSSR count). The van der Waals surface area contributed by atoms with Crippen molar-refractivity contribution in [2.45, 2.75) is 33.5 Å². The van der Waals surface area contributed by atoms with Crippen molar-refractivity contribution in [1.82, 2.24) is 20.2 Å². The van der Waals surface area contributed by atoms with Crippen molar-refractivity contribution in [3.8, 4) is 0 Å². The van der Waals surface area contributed by atoms with Crippen LogP contribution in [0.25, 0.3) is 0 Å². The number of imidazole rings is 1. The van der Waals surface area contributed by atoms with Crippen molar-refractivity contribution in [3.63, 3.8) is 0 Å². The van der Waals surface area contributed by atoms with Crippen molar-refractivity contribution in [3.05, 3.63) is 90.0 Å². The van der Waals surface area contributed by atoms with Crippen molar-refractivity contribution >= 4 is 29.9 Å². The van der Waals surface area contributed by atoms with E-state index in [-0.39, 0.29) is 24.0 Å². The average Bonchev–Trinajstić information content (AvgIpc) is 3.24. The van der Waals surface area contributed by atoms with Gasteiger partial charge in [-0.2, -0.15) is 0 Å². The average molecular weight is 547 g/mol. The Bertz CT molecular complexity index is 914. The van der Waals surface area contributed by atoms with Crippen LogP contribution in [0.3, 0.4) is 0 Å². The Hall–Kier alpha value is -2.39. The van der Waals surface area contributed by atoms with Crippen LogP contribution in [-0.2, 0) is 24.4 Å². The molecule has 0 saturated carbocycles. The quantitative estimate of drug-likeness (QED) is 0.212. The molecule has 0 fully saturated rings. The molecule has 1 heterocycles. The Morgan fingerprint density at radius 1 is 1.03 bits per heavy atom. The molecule has 1 atom stereocenters. The van der Waals surface area contributed by atoms with Gasteiger partial charge in [0.15, 0.2) is 5.96 Å². The maximum atomic E-state index is 5.85. The number of halogens is 1. The zero-order valence-corrected chi connectivity index (χ0v) is 21.2. The maximum Gasteiger partial charge on any atom is 0.191 e. The van der Waals surface area contributed by atoms with Gasteiger partial charge in [0.05, 0.1) is 13.2 Å². The molecule has 2 aromatic carbocycles. The molecule has 0 spiro atoms. The SMILES string of the molecule is CCNC(=NCc1nccn1Cc1ccccc1)NCC(C)COCc1ccccc1.I. The van der Waals surface area contributed by atoms with Crippen molar-refractivity contribution in [1.29, 1.82) is 0 Å². The van der Waals surface area contributed by atoms with E-state index in [1.165, 1.54) is 11.1 Å². The molecular weight excluding hydrogens is 513 g/mol.